The fraction of sp³-hybridized carbons (Fsp3) is 0.222. The van der Waals surface area contributed by atoms with Gasteiger partial charge in [0.2, 0.25) is 0 Å². The predicted molar refractivity (Wildman–Crippen MR) is 40.1 cm³/mol. The molecule has 0 spiro atoms. The molecule has 0 amide bonds. The van der Waals surface area contributed by atoms with E-state index in [0.717, 1.165) is 6.42 Å². The molecule has 0 saturated carbocycles. The predicted octanol–water partition coefficient (Wildman–Crippen LogP) is 2.65. The Morgan fingerprint density at radius 2 is 1.80 bits per heavy atom. The molecule has 53 valence electrons. The molecule has 1 heteroatoms. The van der Waals surface area contributed by atoms with Crippen molar-refractivity contribution in [1.82, 2.24) is 0 Å². The van der Waals surface area contributed by atoms with Gasteiger partial charge >= 0.3 is 0 Å². The quantitative estimate of drug-likeness (QED) is 0.598. The molecule has 0 N–H and O–H groups in total. The monoisotopic (exact) mass is 170 g/mol. The molecular formula is C9H11V-. The minimum absolute atomic E-state index is 0. The standard InChI is InChI=1S/C9H11.V/c1-2-6-9-7-4-3-5-8-9;/h3-8H,2H2,1H3;/q-1;. The van der Waals surface area contributed by atoms with E-state index in [1.165, 1.54) is 5.56 Å². The van der Waals surface area contributed by atoms with Gasteiger partial charge in [-0.15, -0.1) is 12.1 Å². The van der Waals surface area contributed by atoms with E-state index in [4.69, 9.17) is 0 Å². The van der Waals surface area contributed by atoms with Crippen LogP contribution in [0.4, 0.5) is 0 Å². The average molecular weight is 170 g/mol. The zero-order valence-electron chi connectivity index (χ0n) is 6.12. The molecule has 0 unspecified atom stereocenters. The van der Waals surface area contributed by atoms with Crippen molar-refractivity contribution in [2.24, 2.45) is 0 Å². The fourth-order valence-corrected chi connectivity index (χ4v) is 0.825. The second kappa shape index (κ2) is 5.46. The third kappa shape index (κ3) is 3.00. The maximum Gasteiger partial charge on any atom is 0 e. The third-order valence-electron chi connectivity index (χ3n) is 1.24. The molecule has 0 aliphatic carbocycles. The summed E-state index contributed by atoms with van der Waals surface area (Å²) in [5.41, 5.74) is 1.32. The number of hydrogen-bond donors (Lipinski definition) is 0. The number of hydrogen-bond acceptors (Lipinski definition) is 0. The third-order valence-corrected chi connectivity index (χ3v) is 1.24. The number of benzene rings is 1. The first-order valence-electron chi connectivity index (χ1n) is 3.31. The molecule has 0 atom stereocenters. The largest absolute Gasteiger partial charge is 0.192 e. The van der Waals surface area contributed by atoms with E-state index >= 15 is 0 Å². The summed E-state index contributed by atoms with van der Waals surface area (Å²) in [7, 11) is 0. The van der Waals surface area contributed by atoms with Crippen LogP contribution in [0.15, 0.2) is 30.3 Å². The van der Waals surface area contributed by atoms with Gasteiger partial charge in [0, 0.05) is 18.6 Å². The van der Waals surface area contributed by atoms with Crippen LogP contribution < -0.4 is 0 Å². The molecule has 0 heterocycles. The van der Waals surface area contributed by atoms with Crippen molar-refractivity contribution in [3.63, 3.8) is 0 Å². The van der Waals surface area contributed by atoms with Gasteiger partial charge in [-0.1, -0.05) is 19.4 Å². The van der Waals surface area contributed by atoms with E-state index in [2.05, 4.69) is 37.6 Å². The van der Waals surface area contributed by atoms with Crippen molar-refractivity contribution in [3.8, 4) is 0 Å². The van der Waals surface area contributed by atoms with Crippen molar-refractivity contribution in [3.05, 3.63) is 42.3 Å². The van der Waals surface area contributed by atoms with Crippen LogP contribution >= 0.6 is 0 Å². The molecule has 0 aliphatic heterocycles. The zero-order valence-corrected chi connectivity index (χ0v) is 7.52. The Kier molecular flexibility index (Phi) is 5.28. The first-order valence-corrected chi connectivity index (χ1v) is 3.31. The molecule has 0 saturated heterocycles. The Labute approximate surface area is 74.5 Å². The molecule has 0 bridgehead atoms. The molecule has 1 radical (unpaired) electrons. The Bertz CT molecular complexity index is 158. The van der Waals surface area contributed by atoms with Crippen molar-refractivity contribution < 1.29 is 18.6 Å². The van der Waals surface area contributed by atoms with Crippen LogP contribution in [-0.4, -0.2) is 0 Å². The summed E-state index contributed by atoms with van der Waals surface area (Å²) in [5, 5.41) is 0. The summed E-state index contributed by atoms with van der Waals surface area (Å²) in [4.78, 5) is 0. The normalized spacial score (nSPS) is 8.10. The fourth-order valence-electron chi connectivity index (χ4n) is 0.825. The van der Waals surface area contributed by atoms with Gasteiger partial charge in [-0.05, 0) is 0 Å². The zero-order chi connectivity index (χ0) is 6.53. The van der Waals surface area contributed by atoms with Gasteiger partial charge in [0.1, 0.15) is 0 Å². The Morgan fingerprint density at radius 1 is 1.20 bits per heavy atom. The average Bonchev–Trinajstić information content (AvgIpc) is 1.91. The van der Waals surface area contributed by atoms with Crippen molar-refractivity contribution in [2.45, 2.75) is 13.3 Å². The van der Waals surface area contributed by atoms with E-state index in [0.29, 0.717) is 0 Å². The minimum atomic E-state index is 0. The summed E-state index contributed by atoms with van der Waals surface area (Å²) in [5.74, 6) is 0. The van der Waals surface area contributed by atoms with Crippen LogP contribution in [-0.2, 0) is 18.6 Å². The SMILES string of the molecule is CC[CH-]c1ccccc1.[V]. The number of rotatable bonds is 2. The Hall–Kier alpha value is -0.326. The second-order valence-electron chi connectivity index (χ2n) is 2.02. The molecular weight excluding hydrogens is 159 g/mol. The van der Waals surface area contributed by atoms with Gasteiger partial charge in [0.15, 0.2) is 0 Å². The van der Waals surface area contributed by atoms with Gasteiger partial charge in [0.05, 0.1) is 0 Å². The summed E-state index contributed by atoms with van der Waals surface area (Å²) in [6.07, 6.45) is 3.32. The van der Waals surface area contributed by atoms with Crippen molar-refractivity contribution >= 4 is 0 Å². The van der Waals surface area contributed by atoms with Crippen LogP contribution in [0, 0.1) is 6.42 Å². The molecule has 0 aliphatic rings. The van der Waals surface area contributed by atoms with Gasteiger partial charge < -0.3 is 0 Å². The van der Waals surface area contributed by atoms with E-state index in [9.17, 15) is 0 Å². The topological polar surface area (TPSA) is 0 Å². The summed E-state index contributed by atoms with van der Waals surface area (Å²) in [6.45, 7) is 2.15. The van der Waals surface area contributed by atoms with Crippen LogP contribution in [0.1, 0.15) is 18.9 Å². The first kappa shape index (κ1) is 9.67. The molecule has 10 heavy (non-hydrogen) atoms. The van der Waals surface area contributed by atoms with Gasteiger partial charge in [-0.3, -0.25) is 0 Å². The van der Waals surface area contributed by atoms with Crippen LogP contribution in [0.2, 0.25) is 0 Å². The second-order valence-corrected chi connectivity index (χ2v) is 2.02. The van der Waals surface area contributed by atoms with Gasteiger partial charge in [-0.25, -0.2) is 0 Å². The van der Waals surface area contributed by atoms with E-state index in [1.54, 1.807) is 0 Å². The van der Waals surface area contributed by atoms with Gasteiger partial charge in [0.25, 0.3) is 0 Å². The summed E-state index contributed by atoms with van der Waals surface area (Å²) < 4.78 is 0. The maximum absolute atomic E-state index is 2.21. The molecule has 0 fully saturated rings. The minimum Gasteiger partial charge on any atom is -0.192 e. The molecule has 1 aromatic carbocycles. The molecule has 1 aromatic rings. The molecule has 0 aromatic heterocycles. The summed E-state index contributed by atoms with van der Waals surface area (Å²) >= 11 is 0. The van der Waals surface area contributed by atoms with Crippen LogP contribution in [0.25, 0.3) is 0 Å². The van der Waals surface area contributed by atoms with Gasteiger partial charge in [-0.2, -0.15) is 24.1 Å². The van der Waals surface area contributed by atoms with Crippen LogP contribution in [0.5, 0.6) is 0 Å². The smallest absolute Gasteiger partial charge is 0 e. The van der Waals surface area contributed by atoms with E-state index in [1.807, 2.05) is 6.07 Å². The Morgan fingerprint density at radius 3 is 2.30 bits per heavy atom. The molecule has 1 rings (SSSR count). The Balaban J connectivity index is 0.000000810. The first-order chi connectivity index (χ1) is 4.43. The maximum atomic E-state index is 2.21. The van der Waals surface area contributed by atoms with Crippen molar-refractivity contribution in [2.75, 3.05) is 0 Å². The van der Waals surface area contributed by atoms with E-state index < -0.39 is 0 Å². The summed E-state index contributed by atoms with van der Waals surface area (Å²) in [6, 6.07) is 10.4. The van der Waals surface area contributed by atoms with Crippen molar-refractivity contribution in [1.29, 1.82) is 0 Å². The molecule has 0 nitrogen and oxygen atoms in total. The van der Waals surface area contributed by atoms with Crippen LogP contribution in [0.3, 0.4) is 0 Å². The van der Waals surface area contributed by atoms with E-state index in [-0.39, 0.29) is 18.6 Å².